The van der Waals surface area contributed by atoms with Gasteiger partial charge in [0, 0.05) is 23.7 Å². The van der Waals surface area contributed by atoms with Crippen molar-refractivity contribution in [2.75, 3.05) is 13.1 Å². The fourth-order valence-electron chi connectivity index (χ4n) is 3.42. The van der Waals surface area contributed by atoms with E-state index in [9.17, 15) is 9.18 Å². The van der Waals surface area contributed by atoms with Crippen LogP contribution >= 0.6 is 11.6 Å². The number of halogens is 2. The maximum atomic E-state index is 13.0. The van der Waals surface area contributed by atoms with Crippen LogP contribution in [0.15, 0.2) is 52.9 Å². The smallest absolute Gasteiger partial charge is 0.253 e. The lowest BCUT2D eigenvalue weighted by Gasteiger charge is -2.31. The monoisotopic (exact) mass is 399 g/mol. The zero-order valence-corrected chi connectivity index (χ0v) is 15.9. The van der Waals surface area contributed by atoms with Crippen LogP contribution in [0.5, 0.6) is 0 Å². The van der Waals surface area contributed by atoms with Crippen molar-refractivity contribution in [2.45, 2.75) is 25.2 Å². The van der Waals surface area contributed by atoms with Crippen molar-refractivity contribution in [1.29, 1.82) is 0 Å². The third kappa shape index (κ3) is 4.22. The molecule has 1 saturated heterocycles. The summed E-state index contributed by atoms with van der Waals surface area (Å²) in [7, 11) is 0. The quantitative estimate of drug-likeness (QED) is 0.649. The van der Waals surface area contributed by atoms with Gasteiger partial charge in [-0.1, -0.05) is 23.7 Å². The molecule has 28 heavy (non-hydrogen) atoms. The highest BCUT2D eigenvalue weighted by Crippen LogP contribution is 2.27. The molecule has 0 bridgehead atoms. The van der Waals surface area contributed by atoms with Gasteiger partial charge in [0.2, 0.25) is 11.8 Å². The van der Waals surface area contributed by atoms with Gasteiger partial charge in [-0.2, -0.15) is 0 Å². The highest BCUT2D eigenvalue weighted by molar-refractivity contribution is 6.30. The molecule has 0 N–H and O–H groups in total. The van der Waals surface area contributed by atoms with E-state index in [1.165, 1.54) is 12.1 Å². The van der Waals surface area contributed by atoms with E-state index in [1.54, 1.807) is 36.4 Å². The van der Waals surface area contributed by atoms with Gasteiger partial charge < -0.3 is 9.32 Å². The van der Waals surface area contributed by atoms with Gasteiger partial charge in [-0.3, -0.25) is 4.79 Å². The Labute approximate surface area is 167 Å². The molecule has 0 radical (unpaired) electrons. The van der Waals surface area contributed by atoms with E-state index in [0.717, 1.165) is 18.4 Å². The van der Waals surface area contributed by atoms with Crippen LogP contribution in [0.2, 0.25) is 5.02 Å². The number of rotatable bonds is 4. The number of carbonyl (C=O) groups is 1. The number of amides is 1. The Morgan fingerprint density at radius 3 is 2.64 bits per heavy atom. The number of aromatic nitrogens is 2. The van der Waals surface area contributed by atoms with Gasteiger partial charge >= 0.3 is 0 Å². The fourth-order valence-corrected chi connectivity index (χ4v) is 3.54. The number of carbonyl (C=O) groups excluding carboxylic acids is 1. The average molecular weight is 400 g/mol. The van der Waals surface area contributed by atoms with Crippen molar-refractivity contribution in [3.8, 4) is 0 Å². The molecule has 2 heterocycles. The molecule has 5 nitrogen and oxygen atoms in total. The van der Waals surface area contributed by atoms with Gasteiger partial charge in [-0.25, -0.2) is 4.39 Å². The number of nitrogens with zero attached hydrogens (tertiary/aromatic N) is 3. The minimum atomic E-state index is -0.275. The molecule has 0 saturated carbocycles. The molecule has 2 aromatic carbocycles. The summed E-state index contributed by atoms with van der Waals surface area (Å²) in [5, 5.41) is 8.91. The normalized spacial score (nSPS) is 16.9. The van der Waals surface area contributed by atoms with Gasteiger partial charge in [0.1, 0.15) is 5.82 Å². The average Bonchev–Trinajstić information content (AvgIpc) is 3.18. The molecular weight excluding hydrogens is 381 g/mol. The number of piperidine rings is 1. The van der Waals surface area contributed by atoms with E-state index < -0.39 is 0 Å². The number of likely N-dealkylation sites (tertiary alicyclic amines) is 1. The molecule has 7 heteroatoms. The SMILES string of the molecule is O=C(c1ccc(Cl)cc1)N1CCCC(c2nnc(Cc3ccc(F)cc3)o2)C1. The third-order valence-electron chi connectivity index (χ3n) is 4.90. The van der Waals surface area contributed by atoms with Gasteiger partial charge in [0.25, 0.3) is 5.91 Å². The summed E-state index contributed by atoms with van der Waals surface area (Å²) in [4.78, 5) is 14.6. The van der Waals surface area contributed by atoms with Gasteiger partial charge in [0.05, 0.1) is 12.3 Å². The van der Waals surface area contributed by atoms with E-state index in [0.29, 0.717) is 41.9 Å². The summed E-state index contributed by atoms with van der Waals surface area (Å²) in [5.74, 6) is 0.753. The van der Waals surface area contributed by atoms with Crippen LogP contribution in [-0.2, 0) is 6.42 Å². The first-order chi connectivity index (χ1) is 13.6. The number of hydrogen-bond donors (Lipinski definition) is 0. The van der Waals surface area contributed by atoms with E-state index in [-0.39, 0.29) is 17.6 Å². The summed E-state index contributed by atoms with van der Waals surface area (Å²) < 4.78 is 18.9. The Balaban J connectivity index is 1.43. The molecule has 3 aromatic rings. The van der Waals surface area contributed by atoms with Gasteiger partial charge in [-0.05, 0) is 54.8 Å². The Hall–Kier alpha value is -2.73. The van der Waals surface area contributed by atoms with Crippen LogP contribution in [0.4, 0.5) is 4.39 Å². The van der Waals surface area contributed by atoms with Crippen LogP contribution < -0.4 is 0 Å². The van der Waals surface area contributed by atoms with Crippen molar-refractivity contribution in [3.05, 3.63) is 82.3 Å². The first-order valence-electron chi connectivity index (χ1n) is 9.20. The minimum Gasteiger partial charge on any atom is -0.425 e. The maximum absolute atomic E-state index is 13.0. The Bertz CT molecular complexity index is 957. The zero-order valence-electron chi connectivity index (χ0n) is 15.1. The standard InChI is InChI=1S/C21H19ClFN3O2/c22-17-7-5-15(6-8-17)21(27)26-11-1-2-16(13-26)20-25-24-19(28-20)12-14-3-9-18(23)10-4-14/h3-10,16H,1-2,11-13H2. The first kappa shape index (κ1) is 18.6. The summed E-state index contributed by atoms with van der Waals surface area (Å²) >= 11 is 5.90. The highest BCUT2D eigenvalue weighted by atomic mass is 35.5. The Morgan fingerprint density at radius 1 is 1.14 bits per heavy atom. The summed E-state index contributed by atoms with van der Waals surface area (Å²) in [6.07, 6.45) is 2.22. The second-order valence-corrected chi connectivity index (χ2v) is 7.37. The topological polar surface area (TPSA) is 59.2 Å². The third-order valence-corrected chi connectivity index (χ3v) is 5.15. The van der Waals surface area contributed by atoms with E-state index >= 15 is 0 Å². The van der Waals surface area contributed by atoms with Crippen molar-refractivity contribution in [2.24, 2.45) is 0 Å². The van der Waals surface area contributed by atoms with Crippen LogP contribution in [0.25, 0.3) is 0 Å². The lowest BCUT2D eigenvalue weighted by molar-refractivity contribution is 0.0698. The number of hydrogen-bond acceptors (Lipinski definition) is 4. The van der Waals surface area contributed by atoms with Gasteiger partial charge in [-0.15, -0.1) is 10.2 Å². The number of benzene rings is 2. The molecule has 1 fully saturated rings. The molecule has 1 atom stereocenters. The molecule has 1 aromatic heterocycles. The van der Waals surface area contributed by atoms with Crippen molar-refractivity contribution in [3.63, 3.8) is 0 Å². The van der Waals surface area contributed by atoms with Crippen molar-refractivity contribution < 1.29 is 13.6 Å². The maximum Gasteiger partial charge on any atom is 0.253 e. The molecule has 0 spiro atoms. The molecule has 1 amide bonds. The molecule has 144 valence electrons. The predicted octanol–water partition coefficient (Wildman–Crippen LogP) is 4.47. The largest absolute Gasteiger partial charge is 0.425 e. The van der Waals surface area contributed by atoms with Crippen molar-refractivity contribution >= 4 is 17.5 Å². The Morgan fingerprint density at radius 2 is 1.89 bits per heavy atom. The molecule has 0 aliphatic carbocycles. The molecular formula is C21H19ClFN3O2. The molecule has 4 rings (SSSR count). The summed E-state index contributed by atoms with van der Waals surface area (Å²) in [6, 6.07) is 13.1. The molecule has 1 aliphatic rings. The van der Waals surface area contributed by atoms with Crippen molar-refractivity contribution in [1.82, 2.24) is 15.1 Å². The van der Waals surface area contributed by atoms with E-state index in [4.69, 9.17) is 16.0 Å². The zero-order chi connectivity index (χ0) is 19.5. The predicted molar refractivity (Wildman–Crippen MR) is 103 cm³/mol. The second-order valence-electron chi connectivity index (χ2n) is 6.93. The first-order valence-corrected chi connectivity index (χ1v) is 9.58. The van der Waals surface area contributed by atoms with Gasteiger partial charge in [0.15, 0.2) is 0 Å². The fraction of sp³-hybridized carbons (Fsp3) is 0.286. The summed E-state index contributed by atoms with van der Waals surface area (Å²) in [5.41, 5.74) is 1.52. The van der Waals surface area contributed by atoms with E-state index in [2.05, 4.69) is 10.2 Å². The molecule has 1 unspecified atom stereocenters. The van der Waals surface area contributed by atoms with E-state index in [1.807, 2.05) is 4.90 Å². The van der Waals surface area contributed by atoms with Crippen LogP contribution in [0.3, 0.4) is 0 Å². The highest BCUT2D eigenvalue weighted by Gasteiger charge is 2.29. The molecule has 1 aliphatic heterocycles. The second kappa shape index (κ2) is 8.10. The lowest BCUT2D eigenvalue weighted by Crippen LogP contribution is -2.39. The van der Waals surface area contributed by atoms with Crippen LogP contribution in [-0.4, -0.2) is 34.1 Å². The summed E-state index contributed by atoms with van der Waals surface area (Å²) in [6.45, 7) is 1.24. The minimum absolute atomic E-state index is 0.0134. The Kier molecular flexibility index (Phi) is 5.39. The van der Waals surface area contributed by atoms with Crippen LogP contribution in [0, 0.1) is 5.82 Å². The van der Waals surface area contributed by atoms with Crippen LogP contribution in [0.1, 0.15) is 46.5 Å². The lowest BCUT2D eigenvalue weighted by atomic mass is 9.97.